The molecular formula is C22H21N3O5. The molecule has 1 aromatic heterocycles. The van der Waals surface area contributed by atoms with Gasteiger partial charge in [-0.3, -0.25) is 9.59 Å². The highest BCUT2D eigenvalue weighted by molar-refractivity contribution is 5.95. The number of aromatic nitrogens is 2. The van der Waals surface area contributed by atoms with E-state index in [1.54, 1.807) is 36.4 Å². The van der Waals surface area contributed by atoms with Gasteiger partial charge < -0.3 is 19.4 Å². The minimum absolute atomic E-state index is 0.0674. The number of ether oxygens (including phenoxy) is 2. The van der Waals surface area contributed by atoms with Crippen molar-refractivity contribution in [3.05, 3.63) is 75.8 Å². The number of carbonyl (C=O) groups excluding carboxylic acids is 2. The van der Waals surface area contributed by atoms with Crippen molar-refractivity contribution in [2.45, 2.75) is 19.1 Å². The molecule has 0 radical (unpaired) electrons. The summed E-state index contributed by atoms with van der Waals surface area (Å²) < 4.78 is 10.5. The van der Waals surface area contributed by atoms with E-state index >= 15 is 0 Å². The summed E-state index contributed by atoms with van der Waals surface area (Å²) in [6.45, 7) is 0.625. The largest absolute Gasteiger partial charge is 0.448 e. The van der Waals surface area contributed by atoms with Crippen molar-refractivity contribution < 1.29 is 19.1 Å². The molecular weight excluding hydrogens is 386 g/mol. The van der Waals surface area contributed by atoms with Crippen LogP contribution in [0, 0.1) is 0 Å². The lowest BCUT2D eigenvalue weighted by molar-refractivity contribution is -0.142. The number of carbonyl (C=O) groups is 2. The van der Waals surface area contributed by atoms with E-state index in [9.17, 15) is 14.4 Å². The molecule has 0 saturated carbocycles. The fourth-order valence-electron chi connectivity index (χ4n) is 3.53. The van der Waals surface area contributed by atoms with Crippen molar-refractivity contribution in [1.29, 1.82) is 0 Å². The number of aromatic amines is 1. The van der Waals surface area contributed by atoms with E-state index in [-0.39, 0.29) is 24.6 Å². The van der Waals surface area contributed by atoms with Gasteiger partial charge in [-0.1, -0.05) is 30.3 Å². The molecule has 4 rings (SSSR count). The van der Waals surface area contributed by atoms with Crippen LogP contribution >= 0.6 is 0 Å². The number of esters is 1. The summed E-state index contributed by atoms with van der Waals surface area (Å²) in [6, 6.07) is 14.1. The molecule has 1 amide bonds. The van der Waals surface area contributed by atoms with Gasteiger partial charge in [-0.05, 0) is 23.8 Å². The van der Waals surface area contributed by atoms with Crippen molar-refractivity contribution in [3.63, 3.8) is 0 Å². The van der Waals surface area contributed by atoms with E-state index in [1.165, 1.54) is 12.0 Å². The topological polar surface area (TPSA) is 102 Å². The average Bonchev–Trinajstić information content (AvgIpc) is 2.76. The van der Waals surface area contributed by atoms with E-state index in [0.717, 1.165) is 5.56 Å². The van der Waals surface area contributed by atoms with Gasteiger partial charge in [0.05, 0.1) is 29.6 Å². The van der Waals surface area contributed by atoms with Crippen LogP contribution < -0.4 is 5.56 Å². The van der Waals surface area contributed by atoms with Gasteiger partial charge in [0.1, 0.15) is 5.82 Å². The molecule has 2 heterocycles. The van der Waals surface area contributed by atoms with Crippen LogP contribution in [0.25, 0.3) is 10.9 Å². The lowest BCUT2D eigenvalue weighted by Crippen LogP contribution is -2.45. The second-order valence-electron chi connectivity index (χ2n) is 7.04. The van der Waals surface area contributed by atoms with Gasteiger partial charge in [0, 0.05) is 20.1 Å². The van der Waals surface area contributed by atoms with Crippen molar-refractivity contribution in [3.8, 4) is 0 Å². The third-order valence-corrected chi connectivity index (χ3v) is 5.05. The number of nitrogens with zero attached hydrogens (tertiary/aromatic N) is 2. The Morgan fingerprint density at radius 2 is 1.97 bits per heavy atom. The maximum atomic E-state index is 13.2. The molecule has 1 unspecified atom stereocenters. The molecule has 8 heteroatoms. The summed E-state index contributed by atoms with van der Waals surface area (Å²) in [6.07, 6.45) is -0.636. The van der Waals surface area contributed by atoms with Gasteiger partial charge in [0.2, 0.25) is 0 Å². The Morgan fingerprint density at radius 3 is 2.80 bits per heavy atom. The fourth-order valence-corrected chi connectivity index (χ4v) is 3.53. The Kier molecular flexibility index (Phi) is 5.58. The van der Waals surface area contributed by atoms with Gasteiger partial charge in [0.25, 0.3) is 11.5 Å². The molecule has 0 bridgehead atoms. The Bertz CT molecular complexity index is 1160. The number of amides is 1. The second kappa shape index (κ2) is 8.46. The van der Waals surface area contributed by atoms with Crippen LogP contribution in [0.2, 0.25) is 0 Å². The molecule has 3 aromatic rings. The molecule has 0 saturated heterocycles. The number of nitrogens with one attached hydrogen (secondary N) is 1. The smallest absolute Gasteiger partial charge is 0.339 e. The Balaban J connectivity index is 1.59. The van der Waals surface area contributed by atoms with Crippen LogP contribution in [0.1, 0.15) is 21.7 Å². The Morgan fingerprint density at radius 1 is 1.20 bits per heavy atom. The van der Waals surface area contributed by atoms with E-state index in [2.05, 4.69) is 9.97 Å². The summed E-state index contributed by atoms with van der Waals surface area (Å²) >= 11 is 0. The minimum atomic E-state index is -0.934. The van der Waals surface area contributed by atoms with E-state index < -0.39 is 12.1 Å². The number of hydrogen-bond acceptors (Lipinski definition) is 6. The molecule has 0 aliphatic carbocycles. The highest BCUT2D eigenvalue weighted by Gasteiger charge is 2.34. The highest BCUT2D eigenvalue weighted by atomic mass is 16.5. The number of hydrogen-bond donors (Lipinski definition) is 1. The van der Waals surface area contributed by atoms with Gasteiger partial charge >= 0.3 is 5.97 Å². The van der Waals surface area contributed by atoms with Crippen LogP contribution in [0.4, 0.5) is 0 Å². The number of para-hydroxylation sites is 1. The van der Waals surface area contributed by atoms with Crippen molar-refractivity contribution in [1.82, 2.24) is 14.9 Å². The molecule has 1 atom stereocenters. The van der Waals surface area contributed by atoms with Crippen LogP contribution in [-0.4, -0.2) is 53.1 Å². The molecule has 1 aliphatic heterocycles. The van der Waals surface area contributed by atoms with Gasteiger partial charge in [-0.2, -0.15) is 0 Å². The minimum Gasteiger partial charge on any atom is -0.448 e. The summed E-state index contributed by atoms with van der Waals surface area (Å²) in [5.41, 5.74) is 1.53. The summed E-state index contributed by atoms with van der Waals surface area (Å²) in [7, 11) is 1.54. The third kappa shape index (κ3) is 3.95. The zero-order valence-electron chi connectivity index (χ0n) is 16.5. The fraction of sp³-hybridized carbons (Fsp3) is 0.273. The van der Waals surface area contributed by atoms with Crippen LogP contribution in [-0.2, 0) is 27.2 Å². The van der Waals surface area contributed by atoms with Crippen LogP contribution in [0.5, 0.6) is 0 Å². The molecule has 0 spiro atoms. The summed E-state index contributed by atoms with van der Waals surface area (Å²) in [4.78, 5) is 46.5. The first kappa shape index (κ1) is 19.8. The zero-order chi connectivity index (χ0) is 21.1. The average molecular weight is 407 g/mol. The van der Waals surface area contributed by atoms with E-state index in [4.69, 9.17) is 9.47 Å². The molecule has 0 fully saturated rings. The molecule has 8 nitrogen and oxygen atoms in total. The van der Waals surface area contributed by atoms with Crippen molar-refractivity contribution in [2.24, 2.45) is 0 Å². The van der Waals surface area contributed by atoms with E-state index in [0.29, 0.717) is 35.3 Å². The van der Waals surface area contributed by atoms with Crippen molar-refractivity contribution in [2.75, 3.05) is 20.3 Å². The van der Waals surface area contributed by atoms with Crippen LogP contribution in [0.3, 0.4) is 0 Å². The first-order valence-electron chi connectivity index (χ1n) is 9.61. The number of cyclic esters (lactones) is 1. The maximum Gasteiger partial charge on any atom is 0.339 e. The highest BCUT2D eigenvalue weighted by Crippen LogP contribution is 2.22. The summed E-state index contributed by atoms with van der Waals surface area (Å²) in [5.74, 6) is -0.518. The van der Waals surface area contributed by atoms with Crippen LogP contribution in [0.15, 0.2) is 53.3 Å². The lowest BCUT2D eigenvalue weighted by Gasteiger charge is -2.29. The Hall–Kier alpha value is -3.52. The molecule has 154 valence electrons. The molecule has 1 N–H and O–H groups in total. The molecule has 2 aromatic carbocycles. The molecule has 30 heavy (non-hydrogen) atoms. The number of fused-ring (bicyclic) bond motifs is 2. The zero-order valence-corrected chi connectivity index (χ0v) is 16.5. The predicted molar refractivity (Wildman–Crippen MR) is 109 cm³/mol. The monoisotopic (exact) mass is 407 g/mol. The van der Waals surface area contributed by atoms with Gasteiger partial charge in [-0.25, -0.2) is 9.78 Å². The van der Waals surface area contributed by atoms with E-state index in [1.807, 2.05) is 12.1 Å². The van der Waals surface area contributed by atoms with Gasteiger partial charge in [-0.15, -0.1) is 0 Å². The summed E-state index contributed by atoms with van der Waals surface area (Å²) in [5, 5.41) is 0.480. The lowest BCUT2D eigenvalue weighted by atomic mass is 9.98. The first-order valence-corrected chi connectivity index (χ1v) is 9.61. The Labute approximate surface area is 172 Å². The number of benzene rings is 2. The number of H-pyrrole nitrogens is 1. The third-order valence-electron chi connectivity index (χ3n) is 5.05. The van der Waals surface area contributed by atoms with Gasteiger partial charge in [0.15, 0.2) is 6.10 Å². The van der Waals surface area contributed by atoms with Crippen molar-refractivity contribution >= 4 is 22.8 Å². The quantitative estimate of drug-likeness (QED) is 0.624. The SMILES string of the molecule is COCCN(Cc1nc2ccccc2c(=O)[nH]1)C(=O)C1Cc2ccccc2C(=O)O1. The normalized spacial score (nSPS) is 15.5. The number of methoxy groups -OCH3 is 1. The predicted octanol–water partition coefficient (Wildman–Crippen LogP) is 1.68. The second-order valence-corrected chi connectivity index (χ2v) is 7.04. The number of rotatable bonds is 6. The maximum absolute atomic E-state index is 13.2. The molecule has 1 aliphatic rings. The first-order chi connectivity index (χ1) is 14.6. The standard InChI is InChI=1S/C22H21N3O5/c1-29-11-10-25(13-19-23-17-9-5-4-8-16(17)20(26)24-19)21(27)18-12-14-6-2-3-7-15(14)22(28)30-18/h2-9,18H,10-13H2,1H3,(H,23,24,26).